The lowest BCUT2D eigenvalue weighted by atomic mass is 10.2. The van der Waals surface area contributed by atoms with E-state index >= 15 is 0 Å². The summed E-state index contributed by atoms with van der Waals surface area (Å²) in [5, 5.41) is 12.5. The number of amides is 1. The minimum absolute atomic E-state index is 0.00179. The van der Waals surface area contributed by atoms with Gasteiger partial charge in [-0.2, -0.15) is 0 Å². The van der Waals surface area contributed by atoms with Gasteiger partial charge in [0.25, 0.3) is 5.91 Å². The molecule has 3 aromatic rings. The maximum atomic E-state index is 12.4. The number of halogens is 1. The molecule has 8 heteroatoms. The summed E-state index contributed by atoms with van der Waals surface area (Å²) in [6, 6.07) is 14.6. The van der Waals surface area contributed by atoms with Crippen LogP contribution in [0.3, 0.4) is 0 Å². The number of anilines is 1. The summed E-state index contributed by atoms with van der Waals surface area (Å²) < 4.78 is 0.618. The number of carboxylic acids is 1. The molecule has 132 valence electrons. The number of imidazole rings is 1. The van der Waals surface area contributed by atoms with E-state index in [-0.39, 0.29) is 16.9 Å². The topological polar surface area (TPSA) is 95.1 Å². The fourth-order valence-corrected chi connectivity index (χ4v) is 3.37. The molecule has 1 aromatic heterocycles. The lowest BCUT2D eigenvalue weighted by Gasteiger charge is -2.07. The Labute approximate surface area is 162 Å². The van der Waals surface area contributed by atoms with Gasteiger partial charge in [-0.15, -0.1) is 0 Å². The third-order valence-corrected chi connectivity index (χ3v) is 4.92. The Kier molecular flexibility index (Phi) is 5.75. The molecule has 0 spiro atoms. The van der Waals surface area contributed by atoms with Crippen molar-refractivity contribution in [3.8, 4) is 0 Å². The molecule has 0 saturated carbocycles. The number of hydrogen-bond donors (Lipinski definition) is 3. The van der Waals surface area contributed by atoms with Gasteiger partial charge in [-0.25, -0.2) is 9.78 Å². The van der Waals surface area contributed by atoms with Gasteiger partial charge >= 0.3 is 5.97 Å². The first-order chi connectivity index (χ1) is 12.5. The van der Waals surface area contributed by atoms with Gasteiger partial charge in [-0.1, -0.05) is 58.0 Å². The first-order valence-corrected chi connectivity index (χ1v) is 9.37. The third-order valence-electron chi connectivity index (χ3n) is 3.47. The minimum Gasteiger partial charge on any atom is -0.478 e. The van der Waals surface area contributed by atoms with E-state index < -0.39 is 11.9 Å². The van der Waals surface area contributed by atoms with Gasteiger partial charge in [0.05, 0.1) is 11.3 Å². The van der Waals surface area contributed by atoms with Crippen LogP contribution in [0.15, 0.2) is 64.4 Å². The molecule has 2 aromatic carbocycles. The number of carbonyl (C=O) groups is 2. The van der Waals surface area contributed by atoms with Crippen molar-refractivity contribution in [2.24, 2.45) is 0 Å². The molecule has 0 bridgehead atoms. The van der Waals surface area contributed by atoms with Crippen LogP contribution in [0.2, 0.25) is 0 Å². The Balaban J connectivity index is 1.68. The lowest BCUT2D eigenvalue weighted by Crippen LogP contribution is -2.15. The lowest BCUT2D eigenvalue weighted by molar-refractivity contribution is 0.0698. The fraction of sp³-hybridized carbons (Fsp3) is 0.0556. The van der Waals surface area contributed by atoms with Crippen molar-refractivity contribution in [3.05, 3.63) is 76.0 Å². The first kappa shape index (κ1) is 18.2. The molecule has 0 aliphatic rings. The number of hydrogen-bond acceptors (Lipinski definition) is 4. The zero-order valence-corrected chi connectivity index (χ0v) is 15.8. The number of nitrogens with zero attached hydrogens (tertiary/aromatic N) is 1. The second-order valence-corrected chi connectivity index (χ2v) is 7.19. The van der Waals surface area contributed by atoms with E-state index in [9.17, 15) is 14.7 Å². The van der Waals surface area contributed by atoms with E-state index in [0.29, 0.717) is 9.63 Å². The average Bonchev–Trinajstić information content (AvgIpc) is 3.11. The maximum Gasteiger partial charge on any atom is 0.337 e. The van der Waals surface area contributed by atoms with Crippen molar-refractivity contribution in [1.82, 2.24) is 9.97 Å². The molecule has 1 amide bonds. The normalized spacial score (nSPS) is 10.5. The number of aromatic nitrogens is 2. The molecule has 0 saturated heterocycles. The molecule has 0 fully saturated rings. The van der Waals surface area contributed by atoms with Crippen LogP contribution in [0.25, 0.3) is 0 Å². The number of aromatic amines is 1. The predicted octanol–water partition coefficient (Wildman–Crippen LogP) is 4.42. The number of rotatable bonds is 6. The van der Waals surface area contributed by atoms with Gasteiger partial charge < -0.3 is 15.4 Å². The molecule has 26 heavy (non-hydrogen) atoms. The van der Waals surface area contributed by atoms with E-state index in [1.54, 1.807) is 6.07 Å². The van der Waals surface area contributed by atoms with Crippen molar-refractivity contribution < 1.29 is 14.7 Å². The largest absolute Gasteiger partial charge is 0.478 e. The van der Waals surface area contributed by atoms with Crippen LogP contribution in [0.5, 0.6) is 0 Å². The van der Waals surface area contributed by atoms with E-state index in [1.807, 2.05) is 30.3 Å². The van der Waals surface area contributed by atoms with E-state index in [4.69, 9.17) is 0 Å². The molecule has 3 N–H and O–H groups in total. The quantitative estimate of drug-likeness (QED) is 0.502. The molecule has 0 unspecified atom stereocenters. The Hall–Kier alpha value is -2.58. The zero-order valence-electron chi connectivity index (χ0n) is 13.4. The second kappa shape index (κ2) is 8.20. The summed E-state index contributed by atoms with van der Waals surface area (Å²) in [5.74, 6) is -0.869. The van der Waals surface area contributed by atoms with Crippen LogP contribution in [0.4, 0.5) is 5.69 Å². The molecular weight excluding hydrogens is 418 g/mol. The van der Waals surface area contributed by atoms with Gasteiger partial charge in [-0.3, -0.25) is 4.79 Å². The number of nitrogens with one attached hydrogen (secondary N) is 2. The van der Waals surface area contributed by atoms with Gasteiger partial charge in [0.2, 0.25) is 0 Å². The first-order valence-electron chi connectivity index (χ1n) is 7.59. The number of carbonyl (C=O) groups excluding carboxylic acids is 1. The Morgan fingerprint density at radius 2 is 1.96 bits per heavy atom. The van der Waals surface area contributed by atoms with Crippen LogP contribution in [-0.4, -0.2) is 27.0 Å². The van der Waals surface area contributed by atoms with E-state index in [1.165, 1.54) is 30.1 Å². The SMILES string of the molecule is O=C(Nc1ccc(Br)cc1C(=O)O)c1c[nH]c(SCc2ccccc2)n1. The summed E-state index contributed by atoms with van der Waals surface area (Å²) >= 11 is 4.70. The molecule has 1 heterocycles. The smallest absolute Gasteiger partial charge is 0.337 e. The molecule has 0 radical (unpaired) electrons. The van der Waals surface area contributed by atoms with Crippen molar-refractivity contribution in [2.45, 2.75) is 10.9 Å². The number of benzene rings is 2. The number of thioether (sulfide) groups is 1. The van der Waals surface area contributed by atoms with Crippen molar-refractivity contribution in [1.29, 1.82) is 0 Å². The Bertz CT molecular complexity index is 944. The Morgan fingerprint density at radius 3 is 2.69 bits per heavy atom. The molecule has 0 atom stereocenters. The standard InChI is InChI=1S/C18H14BrN3O3S/c19-12-6-7-14(13(8-12)17(24)25)21-16(23)15-9-20-18(22-15)26-10-11-4-2-1-3-5-11/h1-9H,10H2,(H,20,22)(H,21,23)(H,24,25). The number of H-pyrrole nitrogens is 1. The van der Waals surface area contributed by atoms with Gasteiger partial charge in [0.1, 0.15) is 5.69 Å². The minimum atomic E-state index is -1.12. The summed E-state index contributed by atoms with van der Waals surface area (Å²) in [4.78, 5) is 30.9. The molecule has 0 aliphatic heterocycles. The van der Waals surface area contributed by atoms with Crippen LogP contribution in [-0.2, 0) is 5.75 Å². The number of aromatic carboxylic acids is 1. The molecular formula is C18H14BrN3O3S. The van der Waals surface area contributed by atoms with Crippen molar-refractivity contribution in [2.75, 3.05) is 5.32 Å². The number of carboxylic acid groups (broad SMARTS) is 1. The van der Waals surface area contributed by atoms with Gasteiger partial charge in [0.15, 0.2) is 5.16 Å². The van der Waals surface area contributed by atoms with Crippen LogP contribution < -0.4 is 5.32 Å². The summed E-state index contributed by atoms with van der Waals surface area (Å²) in [6.45, 7) is 0. The second-order valence-electron chi connectivity index (χ2n) is 5.31. The summed E-state index contributed by atoms with van der Waals surface area (Å²) in [6.07, 6.45) is 1.50. The highest BCUT2D eigenvalue weighted by Gasteiger charge is 2.16. The van der Waals surface area contributed by atoms with E-state index in [0.717, 1.165) is 11.3 Å². The van der Waals surface area contributed by atoms with Crippen LogP contribution in [0, 0.1) is 0 Å². The summed E-state index contributed by atoms with van der Waals surface area (Å²) in [7, 11) is 0. The van der Waals surface area contributed by atoms with Gasteiger partial charge in [0, 0.05) is 16.4 Å². The molecule has 3 rings (SSSR count). The highest BCUT2D eigenvalue weighted by molar-refractivity contribution is 9.10. The average molecular weight is 432 g/mol. The molecule has 6 nitrogen and oxygen atoms in total. The van der Waals surface area contributed by atoms with Crippen LogP contribution in [0.1, 0.15) is 26.4 Å². The van der Waals surface area contributed by atoms with Gasteiger partial charge in [-0.05, 0) is 23.8 Å². The predicted molar refractivity (Wildman–Crippen MR) is 104 cm³/mol. The monoisotopic (exact) mass is 431 g/mol. The highest BCUT2D eigenvalue weighted by atomic mass is 79.9. The van der Waals surface area contributed by atoms with E-state index in [2.05, 4.69) is 31.2 Å². The highest BCUT2D eigenvalue weighted by Crippen LogP contribution is 2.23. The van der Waals surface area contributed by atoms with Crippen molar-refractivity contribution >= 4 is 45.3 Å². The zero-order chi connectivity index (χ0) is 18.5. The third kappa shape index (κ3) is 4.53. The van der Waals surface area contributed by atoms with Crippen LogP contribution >= 0.6 is 27.7 Å². The van der Waals surface area contributed by atoms with Crippen molar-refractivity contribution in [3.63, 3.8) is 0 Å². The fourth-order valence-electron chi connectivity index (χ4n) is 2.21. The Morgan fingerprint density at radius 1 is 1.19 bits per heavy atom. The molecule has 0 aliphatic carbocycles. The summed E-state index contributed by atoms with van der Waals surface area (Å²) in [5.41, 5.74) is 1.56. The maximum absolute atomic E-state index is 12.4.